The van der Waals surface area contributed by atoms with E-state index in [-0.39, 0.29) is 0 Å². The molecule has 4 nitrogen and oxygen atoms in total. The average Bonchev–Trinajstić information content (AvgIpc) is 2.82. The van der Waals surface area contributed by atoms with Gasteiger partial charge in [0, 0.05) is 22.7 Å². The number of aryl methyl sites for hydroxylation is 1. The summed E-state index contributed by atoms with van der Waals surface area (Å²) in [5.74, 6) is 0.653. The lowest BCUT2D eigenvalue weighted by Crippen LogP contribution is -2.02. The minimum atomic E-state index is 0.653. The van der Waals surface area contributed by atoms with E-state index in [1.54, 1.807) is 11.3 Å². The third kappa shape index (κ3) is 2.31. The second-order valence-electron chi connectivity index (χ2n) is 3.95. The van der Waals surface area contributed by atoms with Crippen molar-refractivity contribution in [1.29, 1.82) is 0 Å². The van der Waals surface area contributed by atoms with Crippen LogP contribution in [0.2, 0.25) is 0 Å². The van der Waals surface area contributed by atoms with Crippen LogP contribution in [0.5, 0.6) is 0 Å². The number of hydrogen-bond acceptors (Lipinski definition) is 5. The molecule has 0 unspecified atom stereocenters. The molecular weight excluding hydrogens is 244 g/mol. The SMILES string of the molecule is Cc1ncc(CNc2ncc3ccccc3n2)s1. The van der Waals surface area contributed by atoms with Crippen molar-refractivity contribution in [2.75, 3.05) is 5.32 Å². The second-order valence-corrected chi connectivity index (χ2v) is 5.27. The van der Waals surface area contributed by atoms with Crippen LogP contribution in [-0.4, -0.2) is 15.0 Å². The summed E-state index contributed by atoms with van der Waals surface area (Å²) in [5, 5.41) is 5.34. The standard InChI is InChI=1S/C13H12N4S/c1-9-14-7-11(18-9)8-16-13-15-6-10-4-2-3-5-12(10)17-13/h2-7H,8H2,1H3,(H,15,16,17). The third-order valence-electron chi connectivity index (χ3n) is 2.58. The van der Waals surface area contributed by atoms with Gasteiger partial charge < -0.3 is 5.32 Å². The highest BCUT2D eigenvalue weighted by atomic mass is 32.1. The summed E-state index contributed by atoms with van der Waals surface area (Å²) in [4.78, 5) is 14.2. The smallest absolute Gasteiger partial charge is 0.223 e. The molecule has 0 spiro atoms. The highest BCUT2D eigenvalue weighted by Gasteiger charge is 2.01. The molecule has 0 saturated carbocycles. The first kappa shape index (κ1) is 11.1. The molecule has 0 aliphatic heterocycles. The number of para-hydroxylation sites is 1. The van der Waals surface area contributed by atoms with E-state index >= 15 is 0 Å². The molecule has 2 heterocycles. The summed E-state index contributed by atoms with van der Waals surface area (Å²) in [6.07, 6.45) is 3.72. The molecule has 0 amide bonds. The van der Waals surface area contributed by atoms with Gasteiger partial charge in [-0.2, -0.15) is 0 Å². The molecule has 0 saturated heterocycles. The molecule has 0 aliphatic rings. The number of nitrogens with zero attached hydrogens (tertiary/aromatic N) is 3. The zero-order valence-corrected chi connectivity index (χ0v) is 10.7. The van der Waals surface area contributed by atoms with Gasteiger partial charge in [-0.05, 0) is 13.0 Å². The number of anilines is 1. The number of hydrogen-bond donors (Lipinski definition) is 1. The van der Waals surface area contributed by atoms with E-state index in [1.807, 2.05) is 43.6 Å². The molecule has 3 rings (SSSR count). The minimum absolute atomic E-state index is 0.653. The van der Waals surface area contributed by atoms with Gasteiger partial charge in [-0.3, -0.25) is 0 Å². The van der Waals surface area contributed by atoms with Gasteiger partial charge in [-0.1, -0.05) is 18.2 Å². The molecule has 1 N–H and O–H groups in total. The number of fused-ring (bicyclic) bond motifs is 1. The maximum absolute atomic E-state index is 4.46. The van der Waals surface area contributed by atoms with Crippen molar-refractivity contribution in [2.45, 2.75) is 13.5 Å². The number of benzene rings is 1. The highest BCUT2D eigenvalue weighted by molar-refractivity contribution is 7.11. The lowest BCUT2D eigenvalue weighted by atomic mass is 10.2. The van der Waals surface area contributed by atoms with Crippen molar-refractivity contribution in [1.82, 2.24) is 15.0 Å². The van der Waals surface area contributed by atoms with Crippen molar-refractivity contribution >= 4 is 28.2 Å². The Kier molecular flexibility index (Phi) is 2.90. The summed E-state index contributed by atoms with van der Waals surface area (Å²) >= 11 is 1.68. The van der Waals surface area contributed by atoms with Gasteiger partial charge in [-0.15, -0.1) is 11.3 Å². The van der Waals surface area contributed by atoms with Crippen molar-refractivity contribution in [3.63, 3.8) is 0 Å². The molecule has 0 atom stereocenters. The fraction of sp³-hybridized carbons (Fsp3) is 0.154. The third-order valence-corrected chi connectivity index (χ3v) is 3.49. The maximum Gasteiger partial charge on any atom is 0.223 e. The van der Waals surface area contributed by atoms with Crippen LogP contribution in [-0.2, 0) is 6.54 Å². The van der Waals surface area contributed by atoms with Crippen molar-refractivity contribution in [2.24, 2.45) is 0 Å². The quantitative estimate of drug-likeness (QED) is 0.782. The molecule has 2 aromatic heterocycles. The van der Waals surface area contributed by atoms with E-state index < -0.39 is 0 Å². The Morgan fingerprint density at radius 3 is 2.89 bits per heavy atom. The fourth-order valence-corrected chi connectivity index (χ4v) is 2.45. The van der Waals surface area contributed by atoms with E-state index in [0.29, 0.717) is 12.5 Å². The van der Waals surface area contributed by atoms with Gasteiger partial charge >= 0.3 is 0 Å². The first-order valence-corrected chi connectivity index (χ1v) is 6.50. The van der Waals surface area contributed by atoms with Gasteiger partial charge in [0.15, 0.2) is 0 Å². The van der Waals surface area contributed by atoms with E-state index in [1.165, 1.54) is 4.88 Å². The monoisotopic (exact) mass is 256 g/mol. The normalized spacial score (nSPS) is 10.7. The number of aromatic nitrogens is 3. The molecule has 0 aliphatic carbocycles. The predicted molar refractivity (Wildman–Crippen MR) is 73.7 cm³/mol. The Morgan fingerprint density at radius 1 is 1.17 bits per heavy atom. The number of nitrogens with one attached hydrogen (secondary N) is 1. The van der Waals surface area contributed by atoms with Gasteiger partial charge in [0.05, 0.1) is 17.1 Å². The zero-order chi connectivity index (χ0) is 12.4. The van der Waals surface area contributed by atoms with Crippen LogP contribution in [0.25, 0.3) is 10.9 Å². The summed E-state index contributed by atoms with van der Waals surface area (Å²) in [6, 6.07) is 7.95. The molecule has 0 radical (unpaired) electrons. The minimum Gasteiger partial charge on any atom is -0.349 e. The van der Waals surface area contributed by atoms with Crippen molar-refractivity contribution in [3.05, 3.63) is 46.5 Å². The lowest BCUT2D eigenvalue weighted by molar-refractivity contribution is 1.09. The Hall–Kier alpha value is -2.01. The average molecular weight is 256 g/mol. The molecule has 5 heteroatoms. The molecule has 90 valence electrons. The van der Waals surface area contributed by atoms with Crippen molar-refractivity contribution < 1.29 is 0 Å². The topological polar surface area (TPSA) is 50.7 Å². The highest BCUT2D eigenvalue weighted by Crippen LogP contribution is 2.15. The summed E-state index contributed by atoms with van der Waals surface area (Å²) in [5.41, 5.74) is 0.954. The second kappa shape index (κ2) is 4.70. The van der Waals surface area contributed by atoms with Crippen LogP contribution in [0.4, 0.5) is 5.95 Å². The Balaban J connectivity index is 1.78. The van der Waals surface area contributed by atoms with Crippen LogP contribution in [0.1, 0.15) is 9.88 Å². The van der Waals surface area contributed by atoms with Crippen LogP contribution in [0.15, 0.2) is 36.7 Å². The van der Waals surface area contributed by atoms with Crippen LogP contribution in [0.3, 0.4) is 0 Å². The Labute approximate surface area is 109 Å². The van der Waals surface area contributed by atoms with Gasteiger partial charge in [-0.25, -0.2) is 15.0 Å². The first-order valence-electron chi connectivity index (χ1n) is 5.68. The van der Waals surface area contributed by atoms with Crippen molar-refractivity contribution in [3.8, 4) is 0 Å². The molecule has 0 bridgehead atoms. The van der Waals surface area contributed by atoms with Crippen LogP contribution < -0.4 is 5.32 Å². The molecule has 3 aromatic rings. The summed E-state index contributed by atoms with van der Waals surface area (Å²) in [7, 11) is 0. The first-order chi connectivity index (χ1) is 8.81. The van der Waals surface area contributed by atoms with Gasteiger partial charge in [0.25, 0.3) is 0 Å². The lowest BCUT2D eigenvalue weighted by Gasteiger charge is -2.03. The number of thiazole rings is 1. The predicted octanol–water partition coefficient (Wildman–Crippen LogP) is 3.01. The molecule has 0 fully saturated rings. The summed E-state index contributed by atoms with van der Waals surface area (Å²) in [6.45, 7) is 2.71. The van der Waals surface area contributed by atoms with E-state index in [4.69, 9.17) is 0 Å². The summed E-state index contributed by atoms with van der Waals surface area (Å²) < 4.78 is 0. The van der Waals surface area contributed by atoms with E-state index in [9.17, 15) is 0 Å². The van der Waals surface area contributed by atoms with Crippen LogP contribution in [0, 0.1) is 6.92 Å². The zero-order valence-electron chi connectivity index (χ0n) is 9.92. The van der Waals surface area contributed by atoms with E-state index in [2.05, 4.69) is 20.3 Å². The molecule has 1 aromatic carbocycles. The molecular formula is C13H12N4S. The van der Waals surface area contributed by atoms with Gasteiger partial charge in [0.2, 0.25) is 5.95 Å². The largest absolute Gasteiger partial charge is 0.349 e. The van der Waals surface area contributed by atoms with E-state index in [0.717, 1.165) is 15.9 Å². The van der Waals surface area contributed by atoms with Gasteiger partial charge in [0.1, 0.15) is 0 Å². The van der Waals surface area contributed by atoms with Crippen LogP contribution >= 0.6 is 11.3 Å². The Morgan fingerprint density at radius 2 is 2.06 bits per heavy atom. The number of rotatable bonds is 3. The Bertz CT molecular complexity index is 677. The maximum atomic E-state index is 4.46. The molecule has 18 heavy (non-hydrogen) atoms. The fourth-order valence-electron chi connectivity index (χ4n) is 1.71.